The highest BCUT2D eigenvalue weighted by Gasteiger charge is 2.17. The van der Waals surface area contributed by atoms with Crippen LogP contribution in [0.15, 0.2) is 53.5 Å². The number of rotatable bonds is 3. The molecule has 3 rings (SSSR count). The average Bonchev–Trinajstić information content (AvgIpc) is 2.81. The van der Waals surface area contributed by atoms with Gasteiger partial charge in [0.15, 0.2) is 0 Å². The average molecular weight is 240 g/mol. The largest absolute Gasteiger partial charge is 0.369 e. The molecule has 0 fully saturated rings. The summed E-state index contributed by atoms with van der Waals surface area (Å²) in [6.07, 6.45) is 2.96. The maximum atomic E-state index is 11.6. The minimum absolute atomic E-state index is 0.0741. The van der Waals surface area contributed by atoms with Gasteiger partial charge in [-0.3, -0.25) is 4.79 Å². The monoisotopic (exact) mass is 240 g/mol. The normalized spacial score (nSPS) is 13.7. The summed E-state index contributed by atoms with van der Waals surface area (Å²) < 4.78 is 1.76. The minimum atomic E-state index is 0.0741. The number of pyridine rings is 1. The Labute approximate surface area is 106 Å². The third kappa shape index (κ3) is 2.04. The molecule has 0 N–H and O–H groups in total. The summed E-state index contributed by atoms with van der Waals surface area (Å²) in [6.45, 7) is 2.69. The second kappa shape index (κ2) is 4.69. The number of fused-ring (bicyclic) bond motifs is 1. The molecule has 1 aliphatic heterocycles. The van der Waals surface area contributed by atoms with Crippen LogP contribution in [0.3, 0.4) is 0 Å². The highest BCUT2D eigenvalue weighted by Crippen LogP contribution is 2.26. The molecule has 18 heavy (non-hydrogen) atoms. The van der Waals surface area contributed by atoms with Crippen molar-refractivity contribution in [2.45, 2.75) is 13.0 Å². The maximum Gasteiger partial charge on any atom is 0.250 e. The van der Waals surface area contributed by atoms with Crippen molar-refractivity contribution in [2.24, 2.45) is 0 Å². The first-order chi connectivity index (χ1) is 8.84. The van der Waals surface area contributed by atoms with Crippen molar-refractivity contribution < 1.29 is 0 Å². The Morgan fingerprint density at radius 3 is 2.72 bits per heavy atom. The number of anilines is 1. The van der Waals surface area contributed by atoms with Crippen molar-refractivity contribution in [1.82, 2.24) is 4.57 Å². The maximum absolute atomic E-state index is 11.6. The fraction of sp³-hybridized carbons (Fsp3) is 0.267. The van der Waals surface area contributed by atoms with E-state index in [1.165, 1.54) is 11.3 Å². The first-order valence-corrected chi connectivity index (χ1v) is 6.33. The van der Waals surface area contributed by atoms with Crippen LogP contribution in [0.25, 0.3) is 0 Å². The Hall–Kier alpha value is -2.03. The van der Waals surface area contributed by atoms with Gasteiger partial charge in [-0.15, -0.1) is 0 Å². The van der Waals surface area contributed by atoms with Crippen LogP contribution in [-0.2, 0) is 13.0 Å². The topological polar surface area (TPSA) is 25.2 Å². The van der Waals surface area contributed by atoms with Crippen LogP contribution in [0.4, 0.5) is 5.69 Å². The van der Waals surface area contributed by atoms with E-state index in [1.807, 2.05) is 12.3 Å². The van der Waals surface area contributed by atoms with Crippen LogP contribution in [0.1, 0.15) is 5.56 Å². The van der Waals surface area contributed by atoms with E-state index < -0.39 is 0 Å². The van der Waals surface area contributed by atoms with Gasteiger partial charge in [0, 0.05) is 37.6 Å². The van der Waals surface area contributed by atoms with E-state index in [0.29, 0.717) is 0 Å². The van der Waals surface area contributed by atoms with Crippen LogP contribution in [0, 0.1) is 0 Å². The predicted molar refractivity (Wildman–Crippen MR) is 73.1 cm³/mol. The fourth-order valence-electron chi connectivity index (χ4n) is 2.51. The highest BCUT2D eigenvalue weighted by atomic mass is 16.1. The third-order valence-electron chi connectivity index (χ3n) is 3.49. The van der Waals surface area contributed by atoms with Crippen molar-refractivity contribution in [3.8, 4) is 0 Å². The molecule has 0 spiro atoms. The first kappa shape index (κ1) is 11.1. The van der Waals surface area contributed by atoms with Gasteiger partial charge in [-0.2, -0.15) is 0 Å². The van der Waals surface area contributed by atoms with Crippen molar-refractivity contribution in [3.05, 3.63) is 64.6 Å². The molecule has 0 aliphatic carbocycles. The highest BCUT2D eigenvalue weighted by molar-refractivity contribution is 5.57. The van der Waals surface area contributed by atoms with E-state index in [1.54, 1.807) is 16.7 Å². The van der Waals surface area contributed by atoms with Crippen LogP contribution >= 0.6 is 0 Å². The van der Waals surface area contributed by atoms with Gasteiger partial charge in [0.2, 0.25) is 0 Å². The molecule has 1 aromatic heterocycles. The molecule has 0 radical (unpaired) electrons. The van der Waals surface area contributed by atoms with Gasteiger partial charge in [-0.25, -0.2) is 0 Å². The lowest BCUT2D eigenvalue weighted by atomic mass is 10.2. The van der Waals surface area contributed by atoms with Crippen molar-refractivity contribution in [2.75, 3.05) is 18.0 Å². The second-order valence-electron chi connectivity index (χ2n) is 4.60. The summed E-state index contributed by atoms with van der Waals surface area (Å²) >= 11 is 0. The number of para-hydroxylation sites is 1. The molecule has 2 aromatic rings. The van der Waals surface area contributed by atoms with Crippen molar-refractivity contribution in [1.29, 1.82) is 0 Å². The van der Waals surface area contributed by atoms with Gasteiger partial charge in [-0.05, 0) is 24.1 Å². The number of hydrogen-bond donors (Lipinski definition) is 0. The third-order valence-corrected chi connectivity index (χ3v) is 3.49. The molecule has 0 saturated carbocycles. The smallest absolute Gasteiger partial charge is 0.250 e. The summed E-state index contributed by atoms with van der Waals surface area (Å²) in [5.74, 6) is 0. The molecular weight excluding hydrogens is 224 g/mol. The zero-order chi connectivity index (χ0) is 12.4. The number of hydrogen-bond acceptors (Lipinski definition) is 2. The molecular formula is C15H16N2O. The first-order valence-electron chi connectivity index (χ1n) is 6.33. The number of nitrogens with zero attached hydrogens (tertiary/aromatic N) is 2. The van der Waals surface area contributed by atoms with E-state index in [9.17, 15) is 4.79 Å². The number of aromatic nitrogens is 1. The summed E-state index contributed by atoms with van der Waals surface area (Å²) in [5.41, 5.74) is 2.81. The Bertz CT molecular complexity index is 603. The zero-order valence-corrected chi connectivity index (χ0v) is 10.2. The van der Waals surface area contributed by atoms with E-state index in [-0.39, 0.29) is 5.56 Å². The van der Waals surface area contributed by atoms with E-state index in [4.69, 9.17) is 0 Å². The van der Waals surface area contributed by atoms with Crippen molar-refractivity contribution in [3.63, 3.8) is 0 Å². The molecule has 3 heteroatoms. The Kier molecular flexibility index (Phi) is 2.89. The van der Waals surface area contributed by atoms with Gasteiger partial charge in [0.05, 0.1) is 0 Å². The Balaban J connectivity index is 1.73. The molecule has 3 nitrogen and oxygen atoms in total. The summed E-state index contributed by atoms with van der Waals surface area (Å²) in [7, 11) is 0. The zero-order valence-electron chi connectivity index (χ0n) is 10.2. The van der Waals surface area contributed by atoms with E-state index >= 15 is 0 Å². The molecule has 0 amide bonds. The van der Waals surface area contributed by atoms with E-state index in [0.717, 1.165) is 26.1 Å². The van der Waals surface area contributed by atoms with Crippen LogP contribution in [-0.4, -0.2) is 17.7 Å². The summed E-state index contributed by atoms with van der Waals surface area (Å²) in [5, 5.41) is 0. The Morgan fingerprint density at radius 1 is 1.00 bits per heavy atom. The molecule has 0 atom stereocenters. The lowest BCUT2D eigenvalue weighted by Crippen LogP contribution is -2.29. The van der Waals surface area contributed by atoms with Crippen LogP contribution in [0.2, 0.25) is 0 Å². The lowest BCUT2D eigenvalue weighted by Gasteiger charge is -2.19. The molecule has 0 saturated heterocycles. The van der Waals surface area contributed by atoms with Gasteiger partial charge < -0.3 is 9.47 Å². The van der Waals surface area contributed by atoms with Crippen LogP contribution in [0.5, 0.6) is 0 Å². The molecule has 92 valence electrons. The molecule has 1 aliphatic rings. The predicted octanol–water partition coefficient (Wildman–Crippen LogP) is 1.91. The van der Waals surface area contributed by atoms with Gasteiger partial charge >= 0.3 is 0 Å². The standard InChI is InChI=1S/C15H16N2O/c18-15-7-3-4-9-17(15)12-11-16-10-8-13-5-1-2-6-14(13)16/h1-7,9H,8,10-12H2. The minimum Gasteiger partial charge on any atom is -0.369 e. The number of benzene rings is 1. The van der Waals surface area contributed by atoms with Crippen LogP contribution < -0.4 is 10.5 Å². The quantitative estimate of drug-likeness (QED) is 0.819. The van der Waals surface area contributed by atoms with Gasteiger partial charge in [0.1, 0.15) is 0 Å². The van der Waals surface area contributed by atoms with E-state index in [2.05, 4.69) is 29.2 Å². The fourth-order valence-corrected chi connectivity index (χ4v) is 2.51. The molecule has 1 aromatic carbocycles. The van der Waals surface area contributed by atoms with Gasteiger partial charge in [-0.1, -0.05) is 24.3 Å². The van der Waals surface area contributed by atoms with Crippen molar-refractivity contribution >= 4 is 5.69 Å². The molecule has 0 unspecified atom stereocenters. The molecule has 2 heterocycles. The SMILES string of the molecule is O=c1ccccn1CCN1CCc2ccccc21. The lowest BCUT2D eigenvalue weighted by molar-refractivity contribution is 0.647. The summed E-state index contributed by atoms with van der Waals surface area (Å²) in [6, 6.07) is 13.8. The Morgan fingerprint density at radius 2 is 1.83 bits per heavy atom. The van der Waals surface area contributed by atoms with Gasteiger partial charge in [0.25, 0.3) is 5.56 Å². The second-order valence-corrected chi connectivity index (χ2v) is 4.60. The summed E-state index contributed by atoms with van der Waals surface area (Å²) in [4.78, 5) is 14.0. The molecule has 0 bridgehead atoms.